The first-order chi connectivity index (χ1) is 19.4. The molecule has 4 aromatic rings. The fraction of sp³-hybridized carbons (Fsp3) is 0.133. The van der Waals surface area contributed by atoms with Crippen LogP contribution >= 0.6 is 23.1 Å². The van der Waals surface area contributed by atoms with E-state index in [0.717, 1.165) is 10.6 Å². The third-order valence-electron chi connectivity index (χ3n) is 5.39. The average molecular weight is 573 g/mol. The summed E-state index contributed by atoms with van der Waals surface area (Å²) < 4.78 is 5.69. The molecule has 1 aromatic heterocycles. The normalized spacial score (nSPS) is 11.0. The van der Waals surface area contributed by atoms with Crippen molar-refractivity contribution in [2.24, 2.45) is 0 Å². The number of nitrogens with zero attached hydrogens (tertiary/aromatic N) is 1. The molecule has 0 atom stereocenters. The van der Waals surface area contributed by atoms with Crippen molar-refractivity contribution in [2.75, 3.05) is 23.0 Å². The van der Waals surface area contributed by atoms with Crippen LogP contribution in [0, 0.1) is 6.92 Å². The number of aromatic nitrogens is 1. The van der Waals surface area contributed by atoms with Gasteiger partial charge in [-0.1, -0.05) is 36.4 Å². The molecule has 3 amide bonds. The van der Waals surface area contributed by atoms with Crippen molar-refractivity contribution in [2.45, 2.75) is 18.7 Å². The van der Waals surface area contributed by atoms with E-state index in [1.54, 1.807) is 48.5 Å². The minimum Gasteiger partial charge on any atom is -0.493 e. The number of aryl methyl sites for hydroxylation is 1. The maximum atomic E-state index is 13.3. The number of thioether (sulfide) groups is 1. The highest BCUT2D eigenvalue weighted by atomic mass is 32.2. The first-order valence-corrected chi connectivity index (χ1v) is 14.3. The van der Waals surface area contributed by atoms with Gasteiger partial charge in [0.1, 0.15) is 11.4 Å². The van der Waals surface area contributed by atoms with E-state index in [1.807, 2.05) is 55.6 Å². The van der Waals surface area contributed by atoms with E-state index in [1.165, 1.54) is 23.1 Å². The van der Waals surface area contributed by atoms with Crippen LogP contribution in [0.15, 0.2) is 94.8 Å². The fourth-order valence-corrected chi connectivity index (χ4v) is 4.94. The predicted octanol–water partition coefficient (Wildman–Crippen LogP) is 5.99. The minimum atomic E-state index is -0.492. The molecule has 4 rings (SSSR count). The molecule has 0 fully saturated rings. The topological polar surface area (TPSA) is 109 Å². The molecule has 0 aliphatic heterocycles. The lowest BCUT2D eigenvalue weighted by Crippen LogP contribution is -2.30. The second kappa shape index (κ2) is 14.1. The first-order valence-electron chi connectivity index (χ1n) is 12.5. The number of thiazole rings is 1. The van der Waals surface area contributed by atoms with Crippen LogP contribution in [0.25, 0.3) is 6.08 Å². The van der Waals surface area contributed by atoms with E-state index >= 15 is 0 Å². The zero-order chi connectivity index (χ0) is 28.3. The third-order valence-corrected chi connectivity index (χ3v) is 7.28. The van der Waals surface area contributed by atoms with Gasteiger partial charge in [0.2, 0.25) is 5.91 Å². The quantitative estimate of drug-likeness (QED) is 0.150. The van der Waals surface area contributed by atoms with E-state index < -0.39 is 11.8 Å². The summed E-state index contributed by atoms with van der Waals surface area (Å²) >= 11 is 2.76. The van der Waals surface area contributed by atoms with E-state index in [-0.39, 0.29) is 17.4 Å². The summed E-state index contributed by atoms with van der Waals surface area (Å²) in [6.07, 6.45) is 1.59. The van der Waals surface area contributed by atoms with Crippen LogP contribution in [0.4, 0.5) is 10.8 Å². The van der Waals surface area contributed by atoms with Crippen LogP contribution in [0.1, 0.15) is 28.5 Å². The molecule has 8 nitrogen and oxygen atoms in total. The Morgan fingerprint density at radius 3 is 2.38 bits per heavy atom. The number of carbonyl (C=O) groups is 3. The van der Waals surface area contributed by atoms with Gasteiger partial charge in [-0.3, -0.25) is 14.4 Å². The number of ether oxygens (including phenoxy) is 1. The number of carbonyl (C=O) groups excluding carboxylic acids is 3. The summed E-state index contributed by atoms with van der Waals surface area (Å²) in [6.45, 7) is 4.21. The summed E-state index contributed by atoms with van der Waals surface area (Å²) in [4.78, 5) is 43.5. The molecule has 0 aliphatic rings. The van der Waals surface area contributed by atoms with Crippen molar-refractivity contribution in [3.63, 3.8) is 0 Å². The zero-order valence-electron chi connectivity index (χ0n) is 22.0. The molecular formula is C30H28N4O4S2. The van der Waals surface area contributed by atoms with Crippen LogP contribution < -0.4 is 20.7 Å². The monoisotopic (exact) mass is 572 g/mol. The lowest BCUT2D eigenvalue weighted by Gasteiger charge is -2.13. The number of anilines is 2. The fourth-order valence-electron chi connectivity index (χ4n) is 3.53. The molecule has 0 radical (unpaired) electrons. The van der Waals surface area contributed by atoms with Crippen LogP contribution in [-0.4, -0.2) is 35.1 Å². The number of nitrogens with one attached hydrogen (secondary N) is 3. The maximum Gasteiger partial charge on any atom is 0.272 e. The lowest BCUT2D eigenvalue weighted by molar-refractivity contribution is -0.114. The van der Waals surface area contributed by atoms with Gasteiger partial charge >= 0.3 is 0 Å². The Bertz CT molecular complexity index is 1500. The van der Waals surface area contributed by atoms with Crippen molar-refractivity contribution < 1.29 is 19.1 Å². The first kappa shape index (κ1) is 28.6. The van der Waals surface area contributed by atoms with Crippen molar-refractivity contribution in [3.8, 4) is 5.75 Å². The summed E-state index contributed by atoms with van der Waals surface area (Å²) in [5, 5.41) is 10.8. The zero-order valence-corrected chi connectivity index (χ0v) is 23.6. The van der Waals surface area contributed by atoms with E-state index in [4.69, 9.17) is 4.74 Å². The van der Waals surface area contributed by atoms with Gasteiger partial charge in [-0.05, 0) is 62.4 Å². The predicted molar refractivity (Wildman–Crippen MR) is 161 cm³/mol. The van der Waals surface area contributed by atoms with Gasteiger partial charge in [-0.25, -0.2) is 4.98 Å². The summed E-state index contributed by atoms with van der Waals surface area (Å²) in [6, 6.07) is 23.1. The highest BCUT2D eigenvalue weighted by Gasteiger charge is 2.16. The van der Waals surface area contributed by atoms with Gasteiger partial charge in [-0.15, -0.1) is 23.1 Å². The molecule has 40 heavy (non-hydrogen) atoms. The van der Waals surface area contributed by atoms with Gasteiger partial charge in [0.25, 0.3) is 11.8 Å². The number of para-hydroxylation sites is 1. The molecule has 0 saturated carbocycles. The summed E-state index contributed by atoms with van der Waals surface area (Å²) in [5.74, 6) is -0.224. The Morgan fingerprint density at radius 1 is 0.950 bits per heavy atom. The Labute approximate surface area is 240 Å². The number of hydrogen-bond donors (Lipinski definition) is 3. The SMILES string of the molecule is CCOc1ccccc1/C=C(\NC(=O)c1ccccc1)C(=O)Nc1ccc(SCC(=O)Nc2nc(C)cs2)cc1. The van der Waals surface area contributed by atoms with Gasteiger partial charge in [-0.2, -0.15) is 0 Å². The number of hydrogen-bond acceptors (Lipinski definition) is 7. The highest BCUT2D eigenvalue weighted by molar-refractivity contribution is 8.00. The average Bonchev–Trinajstić information content (AvgIpc) is 3.37. The van der Waals surface area contributed by atoms with Crippen molar-refractivity contribution >= 4 is 57.7 Å². The largest absolute Gasteiger partial charge is 0.493 e. The van der Waals surface area contributed by atoms with E-state index in [9.17, 15) is 14.4 Å². The van der Waals surface area contributed by atoms with Gasteiger partial charge in [0.05, 0.1) is 18.1 Å². The standard InChI is InChI=1S/C30H28N4O4S2/c1-3-38-26-12-8-7-11-22(26)17-25(33-28(36)21-9-5-4-6-10-21)29(37)32-23-13-15-24(16-14-23)39-19-27(35)34-30-31-20(2)18-40-30/h4-18H,3,19H2,1-2H3,(H,32,37)(H,33,36)(H,31,34,35)/b25-17-. The molecule has 0 saturated heterocycles. The Balaban J connectivity index is 1.45. The number of amides is 3. The van der Waals surface area contributed by atoms with Crippen molar-refractivity contribution in [1.82, 2.24) is 10.3 Å². The second-order valence-electron chi connectivity index (χ2n) is 8.46. The van der Waals surface area contributed by atoms with Gasteiger partial charge in [0.15, 0.2) is 5.13 Å². The number of benzene rings is 3. The molecule has 0 aliphatic carbocycles. The van der Waals surface area contributed by atoms with Crippen LogP contribution in [0.2, 0.25) is 0 Å². The highest BCUT2D eigenvalue weighted by Crippen LogP contribution is 2.23. The molecular weight excluding hydrogens is 544 g/mol. The maximum absolute atomic E-state index is 13.3. The van der Waals surface area contributed by atoms with Crippen LogP contribution in [-0.2, 0) is 9.59 Å². The van der Waals surface area contributed by atoms with Gasteiger partial charge in [0, 0.05) is 27.1 Å². The van der Waals surface area contributed by atoms with Crippen molar-refractivity contribution in [3.05, 3.63) is 107 Å². The molecule has 0 unspecified atom stereocenters. The summed E-state index contributed by atoms with van der Waals surface area (Å²) in [5.41, 5.74) is 2.54. The lowest BCUT2D eigenvalue weighted by atomic mass is 10.1. The second-order valence-corrected chi connectivity index (χ2v) is 10.4. The smallest absolute Gasteiger partial charge is 0.272 e. The Hall–Kier alpha value is -4.41. The number of rotatable bonds is 11. The van der Waals surface area contributed by atoms with E-state index in [2.05, 4.69) is 20.9 Å². The molecule has 0 bridgehead atoms. The molecule has 3 aromatic carbocycles. The van der Waals surface area contributed by atoms with E-state index in [0.29, 0.717) is 34.3 Å². The van der Waals surface area contributed by atoms with Crippen molar-refractivity contribution in [1.29, 1.82) is 0 Å². The molecule has 1 heterocycles. The third kappa shape index (κ3) is 8.29. The molecule has 10 heteroatoms. The summed E-state index contributed by atoms with van der Waals surface area (Å²) in [7, 11) is 0. The van der Waals surface area contributed by atoms with Crippen LogP contribution in [0.3, 0.4) is 0 Å². The molecule has 204 valence electrons. The Morgan fingerprint density at radius 2 is 1.68 bits per heavy atom. The molecule has 3 N–H and O–H groups in total. The van der Waals surface area contributed by atoms with Crippen LogP contribution in [0.5, 0.6) is 5.75 Å². The van der Waals surface area contributed by atoms with Gasteiger partial charge < -0.3 is 20.7 Å². The Kier molecular flexibility index (Phi) is 10.1. The molecule has 0 spiro atoms. The minimum absolute atomic E-state index is 0.0635.